The molecule has 1 aliphatic heterocycles. The van der Waals surface area contributed by atoms with E-state index >= 15 is 4.39 Å². The molecule has 2 atom stereocenters. The van der Waals surface area contributed by atoms with Crippen LogP contribution in [0.15, 0.2) is 30.5 Å². The van der Waals surface area contributed by atoms with Crippen molar-refractivity contribution >= 4 is 27.8 Å². The Kier molecular flexibility index (Phi) is 5.20. The summed E-state index contributed by atoms with van der Waals surface area (Å²) < 4.78 is 37.7. The molecule has 33 heavy (non-hydrogen) atoms. The summed E-state index contributed by atoms with van der Waals surface area (Å²) in [7, 11) is 0. The number of nitrogens with zero attached hydrogens (tertiary/aromatic N) is 2. The lowest BCUT2D eigenvalue weighted by Crippen LogP contribution is -2.31. The molecule has 3 heterocycles. The highest BCUT2D eigenvalue weighted by Crippen LogP contribution is 2.44. The van der Waals surface area contributed by atoms with E-state index < -0.39 is 17.9 Å². The van der Waals surface area contributed by atoms with Crippen LogP contribution in [0.2, 0.25) is 0 Å². The molecule has 1 unspecified atom stereocenters. The molecule has 4 aromatic rings. The first-order valence-electron chi connectivity index (χ1n) is 11.1. The first kappa shape index (κ1) is 21.6. The SMILES string of the molecule is Cc1cc(-n2c(C(C)C)c([C@@H]3CCC(C(=O)O)OC3)c3c(F)c4[nH]ncc4cc32)ccc1F. The van der Waals surface area contributed by atoms with Crippen LogP contribution >= 0.6 is 0 Å². The monoisotopic (exact) mass is 453 g/mol. The van der Waals surface area contributed by atoms with Gasteiger partial charge in [-0.25, -0.2) is 13.6 Å². The summed E-state index contributed by atoms with van der Waals surface area (Å²) in [5.74, 6) is -1.82. The number of ether oxygens (including phenoxy) is 1. The van der Waals surface area contributed by atoms with E-state index in [0.717, 1.165) is 16.9 Å². The number of H-pyrrole nitrogens is 1. The lowest BCUT2D eigenvalue weighted by atomic mass is 9.86. The Morgan fingerprint density at radius 1 is 1.27 bits per heavy atom. The fraction of sp³-hybridized carbons (Fsp3) is 0.360. The highest BCUT2D eigenvalue weighted by molar-refractivity contribution is 5.99. The van der Waals surface area contributed by atoms with E-state index in [1.54, 1.807) is 25.3 Å². The fourth-order valence-electron chi connectivity index (χ4n) is 5.05. The maximum absolute atomic E-state index is 16.0. The number of rotatable bonds is 4. The van der Waals surface area contributed by atoms with Crippen molar-refractivity contribution in [2.45, 2.75) is 51.6 Å². The first-order chi connectivity index (χ1) is 15.8. The maximum Gasteiger partial charge on any atom is 0.332 e. The number of halogens is 2. The van der Waals surface area contributed by atoms with Crippen LogP contribution in [0, 0.1) is 18.6 Å². The zero-order chi connectivity index (χ0) is 23.4. The molecule has 2 aromatic heterocycles. The quantitative estimate of drug-likeness (QED) is 0.424. The third-order valence-corrected chi connectivity index (χ3v) is 6.59. The van der Waals surface area contributed by atoms with Crippen molar-refractivity contribution in [2.24, 2.45) is 0 Å². The Morgan fingerprint density at radius 2 is 2.06 bits per heavy atom. The molecule has 0 saturated carbocycles. The van der Waals surface area contributed by atoms with Crippen LogP contribution in [0.3, 0.4) is 0 Å². The number of fused-ring (bicyclic) bond motifs is 2. The number of carboxylic acids is 1. The van der Waals surface area contributed by atoms with Gasteiger partial charge in [0.05, 0.1) is 18.3 Å². The van der Waals surface area contributed by atoms with E-state index in [1.807, 2.05) is 24.5 Å². The predicted octanol–water partition coefficient (Wildman–Crippen LogP) is 5.56. The molecule has 1 fully saturated rings. The Morgan fingerprint density at radius 3 is 2.70 bits per heavy atom. The Balaban J connectivity index is 1.82. The van der Waals surface area contributed by atoms with Gasteiger partial charge in [-0.2, -0.15) is 5.10 Å². The van der Waals surface area contributed by atoms with Gasteiger partial charge in [-0.1, -0.05) is 13.8 Å². The number of hydrogen-bond donors (Lipinski definition) is 2. The fourth-order valence-corrected chi connectivity index (χ4v) is 5.05. The molecule has 0 spiro atoms. The predicted molar refractivity (Wildman–Crippen MR) is 121 cm³/mol. The van der Waals surface area contributed by atoms with Gasteiger partial charge in [-0.15, -0.1) is 0 Å². The van der Waals surface area contributed by atoms with Crippen LogP contribution in [-0.4, -0.2) is 38.6 Å². The smallest absolute Gasteiger partial charge is 0.332 e. The highest BCUT2D eigenvalue weighted by atomic mass is 19.1. The molecule has 1 saturated heterocycles. The van der Waals surface area contributed by atoms with Gasteiger partial charge < -0.3 is 14.4 Å². The average molecular weight is 453 g/mol. The lowest BCUT2D eigenvalue weighted by Gasteiger charge is -2.28. The minimum atomic E-state index is -0.980. The second-order valence-electron chi connectivity index (χ2n) is 9.08. The van der Waals surface area contributed by atoms with Crippen LogP contribution < -0.4 is 0 Å². The Bertz CT molecular complexity index is 1380. The lowest BCUT2D eigenvalue weighted by molar-refractivity contribution is -0.153. The zero-order valence-corrected chi connectivity index (χ0v) is 18.7. The zero-order valence-electron chi connectivity index (χ0n) is 18.7. The minimum absolute atomic E-state index is 0.0193. The van der Waals surface area contributed by atoms with Crippen molar-refractivity contribution in [3.8, 4) is 5.69 Å². The summed E-state index contributed by atoms with van der Waals surface area (Å²) in [6.45, 7) is 5.98. The standard InChI is InChI=1S/C25H25F2N3O3/c1-12(2)24-20(14-4-7-19(25(31)32)33-11-14)21-18(9-15-10-28-29-23(15)22(21)27)30(24)16-5-6-17(26)13(3)8-16/h5-6,8-10,12,14,19H,4,7,11H2,1-3H3,(H,28,29)(H,31,32)/t14-,19?/m1/s1. The third-order valence-electron chi connectivity index (χ3n) is 6.59. The van der Waals surface area contributed by atoms with Gasteiger partial charge in [0.2, 0.25) is 0 Å². The van der Waals surface area contributed by atoms with Crippen molar-refractivity contribution in [3.05, 3.63) is 58.9 Å². The van der Waals surface area contributed by atoms with Crippen LogP contribution in [0.1, 0.15) is 55.3 Å². The van der Waals surface area contributed by atoms with Gasteiger partial charge >= 0.3 is 5.97 Å². The number of nitrogens with one attached hydrogen (secondary N) is 1. The summed E-state index contributed by atoms with van der Waals surface area (Å²) in [6.07, 6.45) is 1.66. The van der Waals surface area contributed by atoms with Crippen molar-refractivity contribution in [1.29, 1.82) is 0 Å². The molecule has 2 N–H and O–H groups in total. The van der Waals surface area contributed by atoms with Crippen LogP contribution in [-0.2, 0) is 9.53 Å². The normalized spacial score (nSPS) is 19.1. The van der Waals surface area contributed by atoms with Gasteiger partial charge in [0.15, 0.2) is 11.9 Å². The second kappa shape index (κ2) is 7.95. The largest absolute Gasteiger partial charge is 0.479 e. The molecule has 172 valence electrons. The van der Waals surface area contributed by atoms with E-state index in [1.165, 1.54) is 6.07 Å². The molecule has 0 amide bonds. The van der Waals surface area contributed by atoms with Crippen LogP contribution in [0.25, 0.3) is 27.5 Å². The Hall–Kier alpha value is -3.26. The minimum Gasteiger partial charge on any atom is -0.479 e. The average Bonchev–Trinajstić information content (AvgIpc) is 3.39. The summed E-state index contributed by atoms with van der Waals surface area (Å²) >= 11 is 0. The van der Waals surface area contributed by atoms with Gasteiger partial charge in [0, 0.05) is 28.1 Å². The molecular weight excluding hydrogens is 428 g/mol. The van der Waals surface area contributed by atoms with E-state index in [4.69, 9.17) is 4.74 Å². The molecule has 5 rings (SSSR count). The number of aromatic amines is 1. The summed E-state index contributed by atoms with van der Waals surface area (Å²) in [4.78, 5) is 11.4. The van der Waals surface area contributed by atoms with E-state index in [2.05, 4.69) is 10.2 Å². The molecule has 1 aliphatic rings. The Labute approximate surface area is 189 Å². The topological polar surface area (TPSA) is 80.1 Å². The number of carboxylic acid groups (broad SMARTS) is 1. The molecule has 6 nitrogen and oxygen atoms in total. The first-order valence-corrected chi connectivity index (χ1v) is 11.1. The van der Waals surface area contributed by atoms with Crippen molar-refractivity contribution < 1.29 is 23.4 Å². The summed E-state index contributed by atoms with van der Waals surface area (Å²) in [5.41, 5.74) is 3.98. The number of aryl methyl sites for hydroxylation is 1. The number of aromatic nitrogens is 3. The maximum atomic E-state index is 16.0. The van der Waals surface area contributed by atoms with Gasteiger partial charge in [0.25, 0.3) is 0 Å². The highest BCUT2D eigenvalue weighted by Gasteiger charge is 2.34. The van der Waals surface area contributed by atoms with E-state index in [-0.39, 0.29) is 24.3 Å². The van der Waals surface area contributed by atoms with Gasteiger partial charge in [-0.05, 0) is 61.1 Å². The summed E-state index contributed by atoms with van der Waals surface area (Å²) in [6, 6.07) is 6.79. The van der Waals surface area contributed by atoms with Gasteiger partial charge in [0.1, 0.15) is 11.3 Å². The van der Waals surface area contributed by atoms with Gasteiger partial charge in [-0.3, -0.25) is 5.10 Å². The van der Waals surface area contributed by atoms with Crippen molar-refractivity contribution in [2.75, 3.05) is 6.61 Å². The van der Waals surface area contributed by atoms with E-state index in [9.17, 15) is 14.3 Å². The molecule has 0 aliphatic carbocycles. The summed E-state index contributed by atoms with van der Waals surface area (Å²) in [5, 5.41) is 17.2. The van der Waals surface area contributed by atoms with Crippen molar-refractivity contribution in [1.82, 2.24) is 14.8 Å². The number of benzene rings is 2. The van der Waals surface area contributed by atoms with Crippen LogP contribution in [0.5, 0.6) is 0 Å². The van der Waals surface area contributed by atoms with Crippen molar-refractivity contribution in [3.63, 3.8) is 0 Å². The third kappa shape index (κ3) is 3.40. The molecule has 2 aromatic carbocycles. The number of aliphatic carboxylic acids is 1. The van der Waals surface area contributed by atoms with Crippen LogP contribution in [0.4, 0.5) is 8.78 Å². The van der Waals surface area contributed by atoms with E-state index in [0.29, 0.717) is 40.2 Å². The molecular formula is C25H25F2N3O3. The second-order valence-corrected chi connectivity index (χ2v) is 9.08. The number of carbonyl (C=O) groups is 1. The molecule has 0 bridgehead atoms. The molecule has 8 heteroatoms. The molecule has 0 radical (unpaired) electrons. The number of hydrogen-bond acceptors (Lipinski definition) is 3.